The molecule has 2 aromatic heterocycles. The van der Waals surface area contributed by atoms with E-state index in [1.807, 2.05) is 18.2 Å². The van der Waals surface area contributed by atoms with Crippen molar-refractivity contribution in [2.45, 2.75) is 19.6 Å². The minimum Gasteiger partial charge on any atom is -0.467 e. The molecule has 0 saturated carbocycles. The largest absolute Gasteiger partial charge is 0.467 e. The molecule has 0 aliphatic heterocycles. The van der Waals surface area contributed by atoms with Crippen molar-refractivity contribution in [3.05, 3.63) is 46.7 Å². The van der Waals surface area contributed by atoms with Crippen LogP contribution in [0.4, 0.5) is 0 Å². The first-order chi connectivity index (χ1) is 8.86. The molecule has 0 atom stereocenters. The number of furan rings is 2. The zero-order valence-electron chi connectivity index (χ0n) is 10.0. The van der Waals surface area contributed by atoms with Gasteiger partial charge in [0.1, 0.15) is 18.1 Å². The van der Waals surface area contributed by atoms with Crippen molar-refractivity contribution in [2.75, 3.05) is 13.2 Å². The topological polar surface area (TPSA) is 47.5 Å². The molecule has 0 radical (unpaired) electrons. The third kappa shape index (κ3) is 4.33. The van der Waals surface area contributed by atoms with Gasteiger partial charge in [-0.2, -0.15) is 0 Å². The number of hydrogen-bond acceptors (Lipinski definition) is 4. The summed E-state index contributed by atoms with van der Waals surface area (Å²) in [6.45, 7) is 2.88. The highest BCUT2D eigenvalue weighted by atomic mass is 79.9. The van der Waals surface area contributed by atoms with Gasteiger partial charge in [0.2, 0.25) is 0 Å². The molecule has 1 N–H and O–H groups in total. The average Bonchev–Trinajstić information content (AvgIpc) is 3.00. The predicted molar refractivity (Wildman–Crippen MR) is 71.1 cm³/mol. The van der Waals surface area contributed by atoms with E-state index in [0.717, 1.165) is 35.5 Å². The average molecular weight is 314 g/mol. The molecule has 0 aliphatic carbocycles. The second kappa shape index (κ2) is 7.41. The highest BCUT2D eigenvalue weighted by Gasteiger charge is 2.01. The lowest BCUT2D eigenvalue weighted by atomic mass is 10.4. The molecule has 0 saturated heterocycles. The van der Waals surface area contributed by atoms with Crippen LogP contribution >= 0.6 is 15.9 Å². The molecule has 2 heterocycles. The molecular weight excluding hydrogens is 298 g/mol. The van der Waals surface area contributed by atoms with Gasteiger partial charge in [-0.05, 0) is 47.1 Å². The van der Waals surface area contributed by atoms with E-state index in [2.05, 4.69) is 21.2 Å². The van der Waals surface area contributed by atoms with Crippen LogP contribution in [0.15, 0.2) is 44.0 Å². The quantitative estimate of drug-likeness (QED) is 0.759. The van der Waals surface area contributed by atoms with Crippen LogP contribution in [0.1, 0.15) is 17.9 Å². The van der Waals surface area contributed by atoms with Gasteiger partial charge in [0.05, 0.1) is 23.5 Å². The van der Waals surface area contributed by atoms with Gasteiger partial charge in [-0.15, -0.1) is 0 Å². The molecule has 4 nitrogen and oxygen atoms in total. The lowest BCUT2D eigenvalue weighted by Gasteiger charge is -2.04. The Morgan fingerprint density at radius 1 is 1.22 bits per heavy atom. The first kappa shape index (κ1) is 13.4. The van der Waals surface area contributed by atoms with Gasteiger partial charge in [-0.25, -0.2) is 0 Å². The molecule has 2 rings (SSSR count). The maximum atomic E-state index is 5.47. The van der Waals surface area contributed by atoms with E-state index in [1.165, 1.54) is 0 Å². The fourth-order valence-corrected chi connectivity index (χ4v) is 1.86. The standard InChI is InChI=1S/C13H16BrNO3/c14-12-4-8-18-13(12)9-15-5-2-6-16-10-11-3-1-7-17-11/h1,3-4,7-8,15H,2,5-6,9-10H2. The van der Waals surface area contributed by atoms with Crippen molar-refractivity contribution in [2.24, 2.45) is 0 Å². The molecule has 0 unspecified atom stereocenters. The molecule has 18 heavy (non-hydrogen) atoms. The van der Waals surface area contributed by atoms with Crippen molar-refractivity contribution < 1.29 is 13.6 Å². The van der Waals surface area contributed by atoms with E-state index in [-0.39, 0.29) is 0 Å². The first-order valence-corrected chi connectivity index (χ1v) is 6.68. The minimum atomic E-state index is 0.538. The molecule has 0 aliphatic rings. The Morgan fingerprint density at radius 2 is 2.17 bits per heavy atom. The van der Waals surface area contributed by atoms with E-state index in [4.69, 9.17) is 13.6 Å². The fraction of sp³-hybridized carbons (Fsp3) is 0.385. The summed E-state index contributed by atoms with van der Waals surface area (Å²) in [4.78, 5) is 0. The van der Waals surface area contributed by atoms with Crippen LogP contribution in [0.2, 0.25) is 0 Å². The summed E-state index contributed by atoms with van der Waals surface area (Å²) in [5.74, 6) is 1.79. The van der Waals surface area contributed by atoms with Crippen LogP contribution in [0.3, 0.4) is 0 Å². The van der Waals surface area contributed by atoms with Crippen molar-refractivity contribution >= 4 is 15.9 Å². The minimum absolute atomic E-state index is 0.538. The lowest BCUT2D eigenvalue weighted by Crippen LogP contribution is -2.16. The van der Waals surface area contributed by atoms with Gasteiger partial charge >= 0.3 is 0 Å². The monoisotopic (exact) mass is 313 g/mol. The molecule has 5 heteroatoms. The fourth-order valence-electron chi connectivity index (χ4n) is 1.52. The highest BCUT2D eigenvalue weighted by molar-refractivity contribution is 9.10. The van der Waals surface area contributed by atoms with Crippen LogP contribution in [0.5, 0.6) is 0 Å². The van der Waals surface area contributed by atoms with Crippen molar-refractivity contribution in [1.29, 1.82) is 0 Å². The summed E-state index contributed by atoms with van der Waals surface area (Å²) >= 11 is 3.41. The van der Waals surface area contributed by atoms with Crippen LogP contribution in [-0.4, -0.2) is 13.2 Å². The van der Waals surface area contributed by atoms with Gasteiger partial charge in [0.15, 0.2) is 0 Å². The third-order valence-electron chi connectivity index (χ3n) is 2.44. The second-order valence-corrected chi connectivity index (χ2v) is 4.71. The number of nitrogens with one attached hydrogen (secondary N) is 1. The van der Waals surface area contributed by atoms with Crippen molar-refractivity contribution in [3.8, 4) is 0 Å². The Hall–Kier alpha value is -1.04. The van der Waals surface area contributed by atoms with Crippen LogP contribution in [0.25, 0.3) is 0 Å². The summed E-state index contributed by atoms with van der Waals surface area (Å²) in [6, 6.07) is 5.66. The van der Waals surface area contributed by atoms with Gasteiger partial charge in [-0.1, -0.05) is 0 Å². The molecular formula is C13H16BrNO3. The molecule has 0 amide bonds. The zero-order valence-corrected chi connectivity index (χ0v) is 11.6. The Morgan fingerprint density at radius 3 is 2.89 bits per heavy atom. The second-order valence-electron chi connectivity index (χ2n) is 3.85. The van der Waals surface area contributed by atoms with Gasteiger partial charge in [0, 0.05) is 6.61 Å². The van der Waals surface area contributed by atoms with Crippen LogP contribution in [-0.2, 0) is 17.9 Å². The van der Waals surface area contributed by atoms with Crippen molar-refractivity contribution in [1.82, 2.24) is 5.32 Å². The normalized spacial score (nSPS) is 10.9. The Labute approximate surface area is 114 Å². The van der Waals surface area contributed by atoms with Crippen molar-refractivity contribution in [3.63, 3.8) is 0 Å². The molecule has 0 bridgehead atoms. The Kier molecular flexibility index (Phi) is 5.51. The van der Waals surface area contributed by atoms with E-state index in [1.54, 1.807) is 12.5 Å². The number of hydrogen-bond donors (Lipinski definition) is 1. The van der Waals surface area contributed by atoms with Crippen LogP contribution in [0, 0.1) is 0 Å². The predicted octanol–water partition coefficient (Wildman–Crippen LogP) is 3.33. The lowest BCUT2D eigenvalue weighted by molar-refractivity contribution is 0.104. The van der Waals surface area contributed by atoms with Gasteiger partial charge in [-0.3, -0.25) is 0 Å². The molecule has 98 valence electrons. The summed E-state index contributed by atoms with van der Waals surface area (Å²) in [6.07, 6.45) is 4.29. The Bertz CT molecular complexity index is 439. The summed E-state index contributed by atoms with van der Waals surface area (Å²) < 4.78 is 16.9. The van der Waals surface area contributed by atoms with E-state index >= 15 is 0 Å². The SMILES string of the molecule is Brc1ccoc1CNCCCOCc1ccco1. The number of rotatable bonds is 8. The smallest absolute Gasteiger partial charge is 0.131 e. The van der Waals surface area contributed by atoms with E-state index in [9.17, 15) is 0 Å². The summed E-state index contributed by atoms with van der Waals surface area (Å²) in [5.41, 5.74) is 0. The maximum Gasteiger partial charge on any atom is 0.131 e. The zero-order chi connectivity index (χ0) is 12.6. The number of ether oxygens (including phenoxy) is 1. The van der Waals surface area contributed by atoms with Gasteiger partial charge < -0.3 is 18.9 Å². The summed E-state index contributed by atoms with van der Waals surface area (Å²) in [5, 5.41) is 3.30. The van der Waals surface area contributed by atoms with Gasteiger partial charge in [0.25, 0.3) is 0 Å². The highest BCUT2D eigenvalue weighted by Crippen LogP contribution is 2.16. The molecule has 0 spiro atoms. The Balaban J connectivity index is 1.48. The van der Waals surface area contributed by atoms with Crippen LogP contribution < -0.4 is 5.32 Å². The molecule has 2 aromatic rings. The summed E-state index contributed by atoms with van der Waals surface area (Å²) in [7, 11) is 0. The number of halogens is 1. The van der Waals surface area contributed by atoms with E-state index < -0.39 is 0 Å². The third-order valence-corrected chi connectivity index (χ3v) is 3.15. The molecule has 0 fully saturated rings. The maximum absolute atomic E-state index is 5.47. The first-order valence-electron chi connectivity index (χ1n) is 5.89. The molecule has 0 aromatic carbocycles. The van der Waals surface area contributed by atoms with E-state index in [0.29, 0.717) is 13.2 Å².